The van der Waals surface area contributed by atoms with E-state index in [1.165, 1.54) is 19.3 Å². The second kappa shape index (κ2) is 10.2. The lowest BCUT2D eigenvalue weighted by Gasteiger charge is -2.37. The van der Waals surface area contributed by atoms with Gasteiger partial charge in [-0.3, -0.25) is 14.5 Å². The van der Waals surface area contributed by atoms with Crippen molar-refractivity contribution in [3.8, 4) is 11.5 Å². The number of rotatable bonds is 5. The molecule has 0 spiro atoms. The van der Waals surface area contributed by atoms with Crippen molar-refractivity contribution in [2.45, 2.75) is 71.3 Å². The number of imide groups is 1. The summed E-state index contributed by atoms with van der Waals surface area (Å²) < 4.78 is 10.9. The highest BCUT2D eigenvalue weighted by Gasteiger charge is 2.45. The van der Waals surface area contributed by atoms with Crippen molar-refractivity contribution in [1.29, 1.82) is 0 Å². The minimum Gasteiger partial charge on any atom is -0.493 e. The van der Waals surface area contributed by atoms with Gasteiger partial charge >= 0.3 is 0 Å². The van der Waals surface area contributed by atoms with Crippen LogP contribution >= 0.6 is 0 Å². The monoisotopic (exact) mass is 454 g/mol. The van der Waals surface area contributed by atoms with E-state index < -0.39 is 0 Å². The lowest BCUT2D eigenvalue weighted by Crippen LogP contribution is -2.45. The zero-order valence-electron chi connectivity index (χ0n) is 20.6. The van der Waals surface area contributed by atoms with Crippen molar-refractivity contribution in [2.75, 3.05) is 27.3 Å². The lowest BCUT2D eigenvalue weighted by molar-refractivity contribution is -0.140. The number of carbonyl (C=O) groups excluding carboxylic acids is 2. The molecule has 0 N–H and O–H groups in total. The highest BCUT2D eigenvalue weighted by Crippen LogP contribution is 2.40. The standard InChI is InChI=1S/C27H38N2O4/c1-18-14-19(2)17-28(16-18)25-24(20-12-13-22(32-3)23(15-20)33-4)26(30)29(27(25)31)21-10-8-6-5-7-9-11-21/h12-13,15,18-19,21H,5-11,14,16-17H2,1-4H3. The SMILES string of the molecule is COc1ccc(C2=C(N3CC(C)CC(C)C3)C(=O)N(C3CCCCCCC3)C2=O)cc1OC. The van der Waals surface area contributed by atoms with Gasteiger partial charge in [0.25, 0.3) is 11.8 Å². The molecular formula is C27H38N2O4. The lowest BCUT2D eigenvalue weighted by atomic mass is 9.91. The van der Waals surface area contributed by atoms with Crippen LogP contribution in [0.4, 0.5) is 0 Å². The average Bonchev–Trinajstić information content (AvgIpc) is 3.03. The number of benzene rings is 1. The largest absolute Gasteiger partial charge is 0.493 e. The van der Waals surface area contributed by atoms with E-state index in [0.717, 1.165) is 50.8 Å². The van der Waals surface area contributed by atoms with Crippen molar-refractivity contribution in [3.05, 3.63) is 29.5 Å². The number of carbonyl (C=O) groups is 2. The molecule has 2 atom stereocenters. The van der Waals surface area contributed by atoms with Crippen LogP contribution in [0, 0.1) is 11.8 Å². The molecule has 1 aliphatic carbocycles. The highest BCUT2D eigenvalue weighted by molar-refractivity contribution is 6.35. The molecule has 4 rings (SSSR count). The van der Waals surface area contributed by atoms with E-state index in [9.17, 15) is 9.59 Å². The van der Waals surface area contributed by atoms with Gasteiger partial charge in [-0.1, -0.05) is 52.0 Å². The fraction of sp³-hybridized carbons (Fsp3) is 0.630. The summed E-state index contributed by atoms with van der Waals surface area (Å²) in [6.07, 6.45) is 8.69. The number of methoxy groups -OCH3 is 2. The van der Waals surface area contributed by atoms with Gasteiger partial charge in [0.1, 0.15) is 5.70 Å². The van der Waals surface area contributed by atoms with E-state index in [2.05, 4.69) is 18.7 Å². The van der Waals surface area contributed by atoms with Gasteiger partial charge in [0.15, 0.2) is 11.5 Å². The molecule has 2 fully saturated rings. The van der Waals surface area contributed by atoms with Gasteiger partial charge in [-0.25, -0.2) is 0 Å². The molecule has 1 saturated heterocycles. The zero-order chi connectivity index (χ0) is 23.5. The van der Waals surface area contributed by atoms with Crippen LogP contribution in [0.15, 0.2) is 23.9 Å². The predicted octanol–water partition coefficient (Wildman–Crippen LogP) is 4.87. The molecule has 180 valence electrons. The van der Waals surface area contributed by atoms with Crippen LogP contribution in [0.5, 0.6) is 11.5 Å². The number of likely N-dealkylation sites (tertiary alicyclic amines) is 1. The van der Waals surface area contributed by atoms with Crippen molar-refractivity contribution in [1.82, 2.24) is 9.80 Å². The van der Waals surface area contributed by atoms with Crippen molar-refractivity contribution >= 4 is 17.4 Å². The molecule has 2 aliphatic heterocycles. The Bertz CT molecular complexity index is 907. The maximum Gasteiger partial charge on any atom is 0.278 e. The maximum atomic E-state index is 13.9. The van der Waals surface area contributed by atoms with Gasteiger partial charge in [0.05, 0.1) is 19.8 Å². The van der Waals surface area contributed by atoms with E-state index in [1.807, 2.05) is 18.2 Å². The third kappa shape index (κ3) is 4.75. The van der Waals surface area contributed by atoms with E-state index in [1.54, 1.807) is 19.1 Å². The third-order valence-corrected chi connectivity index (χ3v) is 7.39. The third-order valence-electron chi connectivity index (χ3n) is 7.39. The summed E-state index contributed by atoms with van der Waals surface area (Å²) in [5.74, 6) is 1.86. The maximum absolute atomic E-state index is 13.9. The predicted molar refractivity (Wildman–Crippen MR) is 129 cm³/mol. The Balaban J connectivity index is 1.77. The number of piperidine rings is 1. The fourth-order valence-electron chi connectivity index (χ4n) is 5.95. The van der Waals surface area contributed by atoms with Crippen molar-refractivity contribution in [2.24, 2.45) is 11.8 Å². The van der Waals surface area contributed by atoms with Gasteiger partial charge in [0, 0.05) is 19.1 Å². The first-order valence-corrected chi connectivity index (χ1v) is 12.5. The molecule has 33 heavy (non-hydrogen) atoms. The molecule has 6 heteroatoms. The van der Waals surface area contributed by atoms with Gasteiger partial charge in [-0.05, 0) is 48.8 Å². The molecule has 2 amide bonds. The van der Waals surface area contributed by atoms with Crippen LogP contribution in [-0.2, 0) is 9.59 Å². The normalized spacial score (nSPS) is 25.3. The number of ether oxygens (including phenoxy) is 2. The average molecular weight is 455 g/mol. The number of hydrogen-bond acceptors (Lipinski definition) is 5. The van der Waals surface area contributed by atoms with Gasteiger partial charge in [-0.2, -0.15) is 0 Å². The molecule has 1 saturated carbocycles. The number of hydrogen-bond donors (Lipinski definition) is 0. The molecule has 0 aromatic heterocycles. The van der Waals surface area contributed by atoms with Gasteiger partial charge in [-0.15, -0.1) is 0 Å². The molecule has 2 unspecified atom stereocenters. The summed E-state index contributed by atoms with van der Waals surface area (Å²) in [5, 5.41) is 0. The molecule has 2 heterocycles. The second-order valence-electron chi connectivity index (χ2n) is 10.1. The summed E-state index contributed by atoms with van der Waals surface area (Å²) in [5.41, 5.74) is 1.82. The Hall–Kier alpha value is -2.50. The molecule has 0 radical (unpaired) electrons. The Morgan fingerprint density at radius 1 is 0.818 bits per heavy atom. The Labute approximate surface area is 197 Å². The smallest absolute Gasteiger partial charge is 0.278 e. The minimum absolute atomic E-state index is 0.0161. The number of nitrogens with zero attached hydrogens (tertiary/aromatic N) is 2. The molecule has 6 nitrogen and oxygen atoms in total. The summed E-state index contributed by atoms with van der Waals surface area (Å²) in [4.78, 5) is 31.6. The van der Waals surface area contributed by atoms with E-state index >= 15 is 0 Å². The molecule has 0 bridgehead atoms. The first-order chi connectivity index (χ1) is 15.9. The molecule has 1 aromatic rings. The van der Waals surface area contributed by atoms with Crippen molar-refractivity contribution < 1.29 is 19.1 Å². The van der Waals surface area contributed by atoms with Crippen LogP contribution in [0.3, 0.4) is 0 Å². The highest BCUT2D eigenvalue weighted by atomic mass is 16.5. The summed E-state index contributed by atoms with van der Waals surface area (Å²) in [6, 6.07) is 5.51. The van der Waals surface area contributed by atoms with Crippen molar-refractivity contribution in [3.63, 3.8) is 0 Å². The number of amides is 2. The summed E-state index contributed by atoms with van der Waals surface area (Å²) in [7, 11) is 3.19. The van der Waals surface area contributed by atoms with Gasteiger partial charge < -0.3 is 14.4 Å². The molecular weight excluding hydrogens is 416 g/mol. The van der Waals surface area contributed by atoms with E-state index in [4.69, 9.17) is 9.47 Å². The Morgan fingerprint density at radius 3 is 2.03 bits per heavy atom. The van der Waals surface area contributed by atoms with Crippen LogP contribution in [0.2, 0.25) is 0 Å². The quantitative estimate of drug-likeness (QED) is 0.594. The van der Waals surface area contributed by atoms with Crippen LogP contribution in [-0.4, -0.2) is 55.0 Å². The molecule has 3 aliphatic rings. The minimum atomic E-state index is -0.154. The van der Waals surface area contributed by atoms with E-state index in [-0.39, 0.29) is 17.9 Å². The first kappa shape index (κ1) is 23.7. The van der Waals surface area contributed by atoms with E-state index in [0.29, 0.717) is 34.6 Å². The topological polar surface area (TPSA) is 59.1 Å². The Morgan fingerprint density at radius 2 is 1.42 bits per heavy atom. The van der Waals surface area contributed by atoms with Gasteiger partial charge in [0.2, 0.25) is 0 Å². The van der Waals surface area contributed by atoms with Crippen LogP contribution in [0.1, 0.15) is 70.8 Å². The van der Waals surface area contributed by atoms with Crippen LogP contribution < -0.4 is 9.47 Å². The van der Waals surface area contributed by atoms with Crippen LogP contribution in [0.25, 0.3) is 5.57 Å². The first-order valence-electron chi connectivity index (χ1n) is 12.5. The zero-order valence-corrected chi connectivity index (χ0v) is 20.6. The Kier molecular flexibility index (Phi) is 7.30. The fourth-order valence-corrected chi connectivity index (χ4v) is 5.95. The summed E-state index contributed by atoms with van der Waals surface area (Å²) >= 11 is 0. The summed E-state index contributed by atoms with van der Waals surface area (Å²) in [6.45, 7) is 6.06. The second-order valence-corrected chi connectivity index (χ2v) is 10.1. The molecule has 1 aromatic carbocycles.